The van der Waals surface area contributed by atoms with Crippen LogP contribution in [0.2, 0.25) is 0 Å². The summed E-state index contributed by atoms with van der Waals surface area (Å²) >= 11 is 0. The van der Waals surface area contributed by atoms with E-state index in [4.69, 9.17) is 4.99 Å². The molecule has 0 saturated carbocycles. The molecule has 2 N–H and O–H groups in total. The molecule has 182 valence electrons. The minimum Gasteiger partial charge on any atom is -0.357 e. The number of fused-ring (bicyclic) bond motifs is 1. The fourth-order valence-corrected chi connectivity index (χ4v) is 4.21. The number of benzene rings is 2. The largest absolute Gasteiger partial charge is 0.357 e. The van der Waals surface area contributed by atoms with Crippen molar-refractivity contribution < 1.29 is 4.79 Å². The quantitative estimate of drug-likeness (QED) is 0.254. The Kier molecular flexibility index (Phi) is 9.32. The van der Waals surface area contributed by atoms with Crippen LogP contribution < -0.4 is 10.6 Å². The van der Waals surface area contributed by atoms with Crippen LogP contribution in [0.4, 0.5) is 0 Å². The third kappa shape index (κ3) is 6.49. The number of aliphatic imine (C=N–C) groups is 1. The lowest BCUT2D eigenvalue weighted by Gasteiger charge is -2.20. The summed E-state index contributed by atoms with van der Waals surface area (Å²) in [5.41, 5.74) is 4.56. The van der Waals surface area contributed by atoms with Crippen molar-refractivity contribution in [2.45, 2.75) is 46.3 Å². The van der Waals surface area contributed by atoms with Gasteiger partial charge in [0.25, 0.3) is 0 Å². The number of nitrogens with zero attached hydrogens (tertiary/aromatic N) is 4. The van der Waals surface area contributed by atoms with Gasteiger partial charge in [-0.15, -0.1) is 24.0 Å². The maximum Gasteiger partial charge on any atom is 0.225 e. The molecule has 1 saturated heterocycles. The van der Waals surface area contributed by atoms with Crippen LogP contribution in [0.5, 0.6) is 0 Å². The molecule has 0 spiro atoms. The smallest absolute Gasteiger partial charge is 0.225 e. The number of halogens is 1. The minimum atomic E-state index is 0. The average molecular weight is 575 g/mol. The summed E-state index contributed by atoms with van der Waals surface area (Å²) in [5, 5.41) is 6.83. The lowest BCUT2D eigenvalue weighted by atomic mass is 10.1. The molecule has 1 aliphatic rings. The zero-order valence-electron chi connectivity index (χ0n) is 20.2. The fourth-order valence-electron chi connectivity index (χ4n) is 4.21. The maximum atomic E-state index is 12.3. The van der Waals surface area contributed by atoms with Crippen molar-refractivity contribution in [3.8, 4) is 0 Å². The molecule has 2 heterocycles. The number of hydrogen-bond acceptors (Lipinski definition) is 3. The maximum absolute atomic E-state index is 12.3. The van der Waals surface area contributed by atoms with Gasteiger partial charge in [0.1, 0.15) is 0 Å². The molecular weight excluding hydrogens is 539 g/mol. The van der Waals surface area contributed by atoms with Gasteiger partial charge in [-0.2, -0.15) is 0 Å². The third-order valence-corrected chi connectivity index (χ3v) is 6.00. The first-order valence-corrected chi connectivity index (χ1v) is 11.8. The van der Waals surface area contributed by atoms with Crippen molar-refractivity contribution in [2.75, 3.05) is 19.6 Å². The first-order chi connectivity index (χ1) is 16.0. The zero-order chi connectivity index (χ0) is 23.2. The molecule has 1 aromatic heterocycles. The van der Waals surface area contributed by atoms with Gasteiger partial charge in [-0.05, 0) is 36.6 Å². The molecule has 34 heavy (non-hydrogen) atoms. The first-order valence-electron chi connectivity index (χ1n) is 11.8. The van der Waals surface area contributed by atoms with Crippen molar-refractivity contribution >= 4 is 46.9 Å². The Balaban J connectivity index is 0.00000324. The molecule has 2 aromatic carbocycles. The topological polar surface area (TPSA) is 74.6 Å². The van der Waals surface area contributed by atoms with Crippen LogP contribution in [0.25, 0.3) is 11.0 Å². The van der Waals surface area contributed by atoms with Gasteiger partial charge in [-0.3, -0.25) is 4.79 Å². The fraction of sp³-hybridized carbons (Fsp3) is 0.423. The third-order valence-electron chi connectivity index (χ3n) is 6.00. The van der Waals surface area contributed by atoms with Crippen LogP contribution in [0, 0.1) is 5.92 Å². The van der Waals surface area contributed by atoms with Crippen LogP contribution in [0.3, 0.4) is 0 Å². The number of nitrogens with one attached hydrogen (secondary N) is 2. The summed E-state index contributed by atoms with van der Waals surface area (Å²) < 4.78 is 2.17. The van der Waals surface area contributed by atoms with Crippen molar-refractivity contribution in [3.63, 3.8) is 0 Å². The van der Waals surface area contributed by atoms with E-state index >= 15 is 0 Å². The number of aromatic nitrogens is 2. The number of imidazole rings is 1. The Morgan fingerprint density at radius 3 is 2.62 bits per heavy atom. The summed E-state index contributed by atoms with van der Waals surface area (Å²) in [7, 11) is 0. The van der Waals surface area contributed by atoms with Gasteiger partial charge < -0.3 is 20.1 Å². The summed E-state index contributed by atoms with van der Waals surface area (Å²) in [6, 6.07) is 17.0. The molecule has 4 rings (SSSR count). The number of hydrogen-bond donors (Lipinski definition) is 2. The van der Waals surface area contributed by atoms with Gasteiger partial charge in [-0.25, -0.2) is 9.98 Å². The van der Waals surface area contributed by atoms with Crippen LogP contribution >= 0.6 is 24.0 Å². The van der Waals surface area contributed by atoms with Gasteiger partial charge in [0.2, 0.25) is 5.91 Å². The van der Waals surface area contributed by atoms with Crippen molar-refractivity contribution in [1.82, 2.24) is 25.1 Å². The second-order valence-electron chi connectivity index (χ2n) is 8.94. The summed E-state index contributed by atoms with van der Waals surface area (Å²) in [6.45, 7) is 9.71. The van der Waals surface area contributed by atoms with Crippen LogP contribution in [0.15, 0.2) is 59.9 Å². The molecule has 1 aliphatic heterocycles. The normalized spacial score (nSPS) is 16.1. The van der Waals surface area contributed by atoms with Gasteiger partial charge >= 0.3 is 0 Å². The highest BCUT2D eigenvalue weighted by atomic mass is 127. The molecule has 1 unspecified atom stereocenters. The van der Waals surface area contributed by atoms with Crippen LogP contribution in [0.1, 0.15) is 38.3 Å². The predicted octanol–water partition coefficient (Wildman–Crippen LogP) is 4.01. The standard InChI is InChI=1S/C26H34N6O.HI/c1-4-27-26(30-22-13-14-31(17-22)25(33)19(2)3)28-15-20-9-11-21(12-10-20)16-32-18-29-23-7-5-6-8-24(23)32;/h5-12,18-19,22H,4,13-17H2,1-3H3,(H2,27,28,30);1H. The highest BCUT2D eigenvalue weighted by Crippen LogP contribution is 2.15. The molecule has 8 heteroatoms. The lowest BCUT2D eigenvalue weighted by molar-refractivity contribution is -0.133. The molecule has 0 radical (unpaired) electrons. The van der Waals surface area contributed by atoms with E-state index in [1.54, 1.807) is 0 Å². The van der Waals surface area contributed by atoms with Gasteiger partial charge in [0, 0.05) is 38.1 Å². The van der Waals surface area contributed by atoms with E-state index in [2.05, 4.69) is 57.4 Å². The Morgan fingerprint density at radius 1 is 1.15 bits per heavy atom. The van der Waals surface area contributed by atoms with Crippen LogP contribution in [-0.2, 0) is 17.9 Å². The minimum absolute atomic E-state index is 0. The monoisotopic (exact) mass is 574 g/mol. The van der Waals surface area contributed by atoms with Crippen molar-refractivity contribution in [2.24, 2.45) is 10.9 Å². The van der Waals surface area contributed by atoms with E-state index < -0.39 is 0 Å². The number of carbonyl (C=O) groups excluding carboxylic acids is 1. The van der Waals surface area contributed by atoms with E-state index in [0.717, 1.165) is 55.2 Å². The van der Waals surface area contributed by atoms with Gasteiger partial charge in [-0.1, -0.05) is 50.2 Å². The Hall–Kier alpha value is -2.62. The lowest BCUT2D eigenvalue weighted by Crippen LogP contribution is -2.45. The van der Waals surface area contributed by atoms with Crippen molar-refractivity contribution in [1.29, 1.82) is 0 Å². The van der Waals surface area contributed by atoms with Crippen molar-refractivity contribution in [3.05, 3.63) is 66.0 Å². The molecule has 1 amide bonds. The van der Waals surface area contributed by atoms with E-state index in [1.165, 1.54) is 5.56 Å². The molecule has 1 atom stereocenters. The van der Waals surface area contributed by atoms with E-state index in [-0.39, 0.29) is 41.8 Å². The van der Waals surface area contributed by atoms with E-state index in [9.17, 15) is 4.79 Å². The number of guanidine groups is 1. The zero-order valence-corrected chi connectivity index (χ0v) is 22.5. The molecule has 0 aliphatic carbocycles. The average Bonchev–Trinajstić information content (AvgIpc) is 3.45. The Morgan fingerprint density at radius 2 is 1.88 bits per heavy atom. The van der Waals surface area contributed by atoms with Gasteiger partial charge in [0.05, 0.1) is 23.9 Å². The molecule has 3 aromatic rings. The Bertz CT molecular complexity index is 1110. The second kappa shape index (κ2) is 12.2. The second-order valence-corrected chi connectivity index (χ2v) is 8.94. The van der Waals surface area contributed by atoms with E-state index in [0.29, 0.717) is 6.54 Å². The Labute approximate surface area is 219 Å². The SMILES string of the molecule is CCNC(=NCc1ccc(Cn2cnc3ccccc32)cc1)NC1CCN(C(=O)C(C)C)C1.I. The number of carbonyl (C=O) groups is 1. The molecular formula is C26H35IN6O. The highest BCUT2D eigenvalue weighted by molar-refractivity contribution is 14.0. The summed E-state index contributed by atoms with van der Waals surface area (Å²) in [5.74, 6) is 1.07. The molecule has 1 fully saturated rings. The van der Waals surface area contributed by atoms with Gasteiger partial charge in [0.15, 0.2) is 5.96 Å². The number of likely N-dealkylation sites (tertiary alicyclic amines) is 1. The first kappa shape index (κ1) is 26.0. The summed E-state index contributed by atoms with van der Waals surface area (Å²) in [6.07, 6.45) is 2.84. The number of rotatable bonds is 7. The number of amides is 1. The molecule has 7 nitrogen and oxygen atoms in total. The van der Waals surface area contributed by atoms with E-state index in [1.807, 2.05) is 43.3 Å². The summed E-state index contributed by atoms with van der Waals surface area (Å²) in [4.78, 5) is 23.5. The molecule has 0 bridgehead atoms. The predicted molar refractivity (Wildman–Crippen MR) is 148 cm³/mol. The van der Waals surface area contributed by atoms with Crippen LogP contribution in [-0.4, -0.2) is 52.0 Å². The number of para-hydroxylation sites is 2. The highest BCUT2D eigenvalue weighted by Gasteiger charge is 2.27.